The molecule has 0 radical (unpaired) electrons. The fourth-order valence-electron chi connectivity index (χ4n) is 1.47. The van der Waals surface area contributed by atoms with Crippen LogP contribution in [0.1, 0.15) is 11.3 Å². The molecular weight excluding hydrogens is 240 g/mol. The molecule has 0 spiro atoms. The Balaban J connectivity index is 2.48. The van der Waals surface area contributed by atoms with Crippen molar-refractivity contribution in [2.75, 3.05) is 0 Å². The molecule has 94 valence electrons. The van der Waals surface area contributed by atoms with E-state index < -0.39 is 23.8 Å². The summed E-state index contributed by atoms with van der Waals surface area (Å²) in [6, 6.07) is 3.27. The molecule has 0 aromatic carbocycles. The van der Waals surface area contributed by atoms with Gasteiger partial charge in [-0.25, -0.2) is 0 Å². The summed E-state index contributed by atoms with van der Waals surface area (Å²) in [4.78, 5) is 28.2. The van der Waals surface area contributed by atoms with Crippen LogP contribution in [-0.4, -0.2) is 26.2 Å². The fraction of sp³-hybridized carbons (Fsp3) is 0.182. The highest BCUT2D eigenvalue weighted by Gasteiger charge is 2.16. The van der Waals surface area contributed by atoms with Crippen molar-refractivity contribution in [3.8, 4) is 17.5 Å². The number of carboxylic acids is 1. The highest BCUT2D eigenvalue weighted by molar-refractivity contribution is 5.70. The number of aryl methyl sites for hydroxylation is 1. The van der Waals surface area contributed by atoms with Gasteiger partial charge in [-0.15, -0.1) is 0 Å². The number of aromatic amines is 1. The fourth-order valence-corrected chi connectivity index (χ4v) is 1.47. The Morgan fingerprint density at radius 3 is 2.72 bits per heavy atom. The van der Waals surface area contributed by atoms with Gasteiger partial charge in [0.25, 0.3) is 5.56 Å². The first-order valence-corrected chi connectivity index (χ1v) is 5.08. The molecule has 0 aliphatic rings. The first-order chi connectivity index (χ1) is 8.47. The second kappa shape index (κ2) is 4.36. The summed E-state index contributed by atoms with van der Waals surface area (Å²) in [7, 11) is 0. The van der Waals surface area contributed by atoms with Crippen molar-refractivity contribution in [2.45, 2.75) is 13.3 Å². The molecule has 0 bridgehead atoms. The van der Waals surface area contributed by atoms with E-state index in [1.54, 1.807) is 19.1 Å². The number of aromatic nitrogens is 2. The molecule has 0 aliphatic heterocycles. The van der Waals surface area contributed by atoms with E-state index in [-0.39, 0.29) is 11.4 Å². The lowest BCUT2D eigenvalue weighted by atomic mass is 10.2. The van der Waals surface area contributed by atoms with Crippen molar-refractivity contribution in [3.05, 3.63) is 33.8 Å². The molecule has 0 amide bonds. The van der Waals surface area contributed by atoms with Gasteiger partial charge in [0.15, 0.2) is 11.6 Å². The van der Waals surface area contributed by atoms with Gasteiger partial charge in [0.1, 0.15) is 5.76 Å². The van der Waals surface area contributed by atoms with Crippen LogP contribution in [0.15, 0.2) is 21.3 Å². The number of carboxylic acid groups (broad SMARTS) is 1. The van der Waals surface area contributed by atoms with Crippen LogP contribution in [0.3, 0.4) is 0 Å². The Morgan fingerprint density at radius 2 is 2.22 bits per heavy atom. The Kier molecular flexibility index (Phi) is 2.88. The van der Waals surface area contributed by atoms with E-state index in [2.05, 4.69) is 9.97 Å². The van der Waals surface area contributed by atoms with Gasteiger partial charge in [-0.3, -0.25) is 9.59 Å². The van der Waals surface area contributed by atoms with Gasteiger partial charge in [0, 0.05) is 0 Å². The number of carbonyl (C=O) groups is 1. The molecule has 18 heavy (non-hydrogen) atoms. The molecule has 2 aromatic rings. The SMILES string of the molecule is Cc1ccc(-c2nc(O)c(CC(=O)O)c(=O)[nH]2)o1. The van der Waals surface area contributed by atoms with Crippen LogP contribution in [0, 0.1) is 6.92 Å². The average molecular weight is 250 g/mol. The van der Waals surface area contributed by atoms with Gasteiger partial charge in [-0.1, -0.05) is 0 Å². The third-order valence-corrected chi connectivity index (χ3v) is 2.30. The van der Waals surface area contributed by atoms with Crippen LogP contribution in [-0.2, 0) is 11.2 Å². The number of aliphatic carboxylic acids is 1. The Labute approximate surface area is 101 Å². The highest BCUT2D eigenvalue weighted by Crippen LogP contribution is 2.20. The lowest BCUT2D eigenvalue weighted by molar-refractivity contribution is -0.136. The summed E-state index contributed by atoms with van der Waals surface area (Å²) in [5.74, 6) is -0.854. The van der Waals surface area contributed by atoms with E-state index in [1.165, 1.54) is 0 Å². The standard InChI is InChI=1S/C11H10N2O5/c1-5-2-3-7(18-5)9-12-10(16)6(4-8(14)15)11(17)13-9/h2-3H,4H2,1H3,(H,14,15)(H2,12,13,16,17). The molecule has 7 nitrogen and oxygen atoms in total. The monoisotopic (exact) mass is 250 g/mol. The maximum Gasteiger partial charge on any atom is 0.308 e. The normalized spacial score (nSPS) is 10.5. The molecule has 0 fully saturated rings. The summed E-state index contributed by atoms with van der Waals surface area (Å²) >= 11 is 0. The lowest BCUT2D eigenvalue weighted by Gasteiger charge is -2.02. The quantitative estimate of drug-likeness (QED) is 0.737. The Hall–Kier alpha value is -2.57. The zero-order valence-electron chi connectivity index (χ0n) is 9.43. The molecule has 0 atom stereocenters. The van der Waals surface area contributed by atoms with Gasteiger partial charge in [-0.2, -0.15) is 4.98 Å². The van der Waals surface area contributed by atoms with E-state index in [4.69, 9.17) is 9.52 Å². The summed E-state index contributed by atoms with van der Waals surface area (Å²) < 4.78 is 5.24. The number of rotatable bonds is 3. The molecule has 2 aromatic heterocycles. The molecule has 0 aliphatic carbocycles. The molecule has 2 heterocycles. The number of nitrogens with zero attached hydrogens (tertiary/aromatic N) is 1. The number of furan rings is 1. The van der Waals surface area contributed by atoms with Gasteiger partial charge in [0.2, 0.25) is 5.88 Å². The summed E-state index contributed by atoms with van der Waals surface area (Å²) in [6.07, 6.45) is -0.592. The number of nitrogens with one attached hydrogen (secondary N) is 1. The minimum absolute atomic E-state index is 0.0553. The zero-order valence-corrected chi connectivity index (χ0v) is 9.43. The second-order valence-corrected chi connectivity index (χ2v) is 3.70. The van der Waals surface area contributed by atoms with Crippen LogP contribution in [0.4, 0.5) is 0 Å². The van der Waals surface area contributed by atoms with Crippen molar-refractivity contribution in [1.82, 2.24) is 9.97 Å². The van der Waals surface area contributed by atoms with E-state index >= 15 is 0 Å². The molecule has 3 N–H and O–H groups in total. The smallest absolute Gasteiger partial charge is 0.308 e. The summed E-state index contributed by atoms with van der Waals surface area (Å²) in [5.41, 5.74) is -0.983. The van der Waals surface area contributed by atoms with Crippen molar-refractivity contribution in [3.63, 3.8) is 0 Å². The third-order valence-electron chi connectivity index (χ3n) is 2.30. The first kappa shape index (κ1) is 11.9. The van der Waals surface area contributed by atoms with Crippen molar-refractivity contribution < 1.29 is 19.4 Å². The minimum atomic E-state index is -1.22. The maximum atomic E-state index is 11.6. The van der Waals surface area contributed by atoms with Crippen LogP contribution in [0.2, 0.25) is 0 Å². The first-order valence-electron chi connectivity index (χ1n) is 5.08. The van der Waals surface area contributed by atoms with E-state index in [0.717, 1.165) is 0 Å². The molecule has 2 rings (SSSR count). The van der Waals surface area contributed by atoms with Crippen molar-refractivity contribution >= 4 is 5.97 Å². The van der Waals surface area contributed by atoms with Crippen LogP contribution >= 0.6 is 0 Å². The molecule has 7 heteroatoms. The number of hydrogen-bond acceptors (Lipinski definition) is 5. The molecule has 0 saturated carbocycles. The van der Waals surface area contributed by atoms with E-state index in [1.807, 2.05) is 0 Å². The zero-order chi connectivity index (χ0) is 13.3. The second-order valence-electron chi connectivity index (χ2n) is 3.70. The van der Waals surface area contributed by atoms with Crippen LogP contribution in [0.25, 0.3) is 11.6 Å². The molecular formula is C11H10N2O5. The third kappa shape index (κ3) is 2.24. The lowest BCUT2D eigenvalue weighted by Crippen LogP contribution is -2.18. The largest absolute Gasteiger partial charge is 0.493 e. The summed E-state index contributed by atoms with van der Waals surface area (Å²) in [6.45, 7) is 1.72. The van der Waals surface area contributed by atoms with Crippen LogP contribution in [0.5, 0.6) is 5.88 Å². The summed E-state index contributed by atoms with van der Waals surface area (Å²) in [5, 5.41) is 18.1. The predicted molar refractivity (Wildman–Crippen MR) is 60.3 cm³/mol. The van der Waals surface area contributed by atoms with E-state index in [0.29, 0.717) is 11.5 Å². The topological polar surface area (TPSA) is 116 Å². The van der Waals surface area contributed by atoms with Gasteiger partial charge in [0.05, 0.1) is 12.0 Å². The predicted octanol–water partition coefficient (Wildman–Crippen LogP) is 0.671. The van der Waals surface area contributed by atoms with Gasteiger partial charge < -0.3 is 19.6 Å². The minimum Gasteiger partial charge on any atom is -0.493 e. The maximum absolute atomic E-state index is 11.6. The number of hydrogen-bond donors (Lipinski definition) is 3. The average Bonchev–Trinajstić information content (AvgIpc) is 2.70. The Morgan fingerprint density at radius 1 is 1.50 bits per heavy atom. The van der Waals surface area contributed by atoms with Crippen LogP contribution < -0.4 is 5.56 Å². The van der Waals surface area contributed by atoms with Crippen molar-refractivity contribution in [2.24, 2.45) is 0 Å². The van der Waals surface area contributed by atoms with Crippen molar-refractivity contribution in [1.29, 1.82) is 0 Å². The Bertz CT molecular complexity index is 656. The van der Waals surface area contributed by atoms with Gasteiger partial charge in [-0.05, 0) is 19.1 Å². The molecule has 0 saturated heterocycles. The van der Waals surface area contributed by atoms with E-state index in [9.17, 15) is 14.7 Å². The number of H-pyrrole nitrogens is 1. The highest BCUT2D eigenvalue weighted by atomic mass is 16.4. The number of aromatic hydroxyl groups is 1. The molecule has 0 unspecified atom stereocenters. The van der Waals surface area contributed by atoms with Gasteiger partial charge >= 0.3 is 5.97 Å².